The van der Waals surface area contributed by atoms with E-state index in [0.29, 0.717) is 37.9 Å². The first-order valence-electron chi connectivity index (χ1n) is 11.9. The Bertz CT molecular complexity index is 1020. The minimum Gasteiger partial charge on any atom is -0.497 e. The molecule has 190 valence electrons. The first-order chi connectivity index (χ1) is 16.9. The number of nitrogens with zero attached hydrogens (tertiary/aromatic N) is 3. The molecule has 0 spiro atoms. The molecule has 0 saturated carbocycles. The van der Waals surface area contributed by atoms with E-state index in [4.69, 9.17) is 24.0 Å². The van der Waals surface area contributed by atoms with Gasteiger partial charge in [-0.1, -0.05) is 30.3 Å². The van der Waals surface area contributed by atoms with Crippen LogP contribution in [0.3, 0.4) is 0 Å². The van der Waals surface area contributed by atoms with Crippen molar-refractivity contribution < 1.29 is 24.1 Å². The van der Waals surface area contributed by atoms with Gasteiger partial charge in [-0.25, -0.2) is 4.68 Å². The lowest BCUT2D eigenvalue weighted by atomic mass is 10.1. The molecule has 0 radical (unpaired) electrons. The van der Waals surface area contributed by atoms with Gasteiger partial charge in [0.05, 0.1) is 38.1 Å². The van der Waals surface area contributed by atoms with Crippen molar-refractivity contribution in [3.63, 3.8) is 0 Å². The van der Waals surface area contributed by atoms with E-state index >= 15 is 0 Å². The first-order valence-corrected chi connectivity index (χ1v) is 11.9. The van der Waals surface area contributed by atoms with Crippen LogP contribution in [-0.2, 0) is 23.1 Å². The van der Waals surface area contributed by atoms with Gasteiger partial charge in [0, 0.05) is 39.4 Å². The Hall–Kier alpha value is -2.91. The zero-order valence-electron chi connectivity index (χ0n) is 21.3. The second-order valence-corrected chi connectivity index (χ2v) is 8.66. The van der Waals surface area contributed by atoms with E-state index in [2.05, 4.69) is 4.90 Å². The number of rotatable bonds is 14. The molecule has 0 aliphatic heterocycles. The van der Waals surface area contributed by atoms with Gasteiger partial charge in [-0.05, 0) is 38.1 Å². The van der Waals surface area contributed by atoms with Crippen LogP contribution in [0.25, 0.3) is 11.3 Å². The summed E-state index contributed by atoms with van der Waals surface area (Å²) in [6, 6.07) is 17.5. The van der Waals surface area contributed by atoms with Crippen molar-refractivity contribution in [2.24, 2.45) is 7.05 Å². The molecule has 0 aliphatic rings. The number of hydrogen-bond donors (Lipinski definition) is 1. The summed E-state index contributed by atoms with van der Waals surface area (Å²) in [5.41, 5.74) is 2.77. The summed E-state index contributed by atoms with van der Waals surface area (Å²) in [7, 11) is 5.18. The summed E-state index contributed by atoms with van der Waals surface area (Å²) < 4.78 is 24.3. The molecule has 0 amide bonds. The summed E-state index contributed by atoms with van der Waals surface area (Å²) >= 11 is 0. The number of methoxy groups -OCH3 is 2. The van der Waals surface area contributed by atoms with Crippen LogP contribution in [0.1, 0.15) is 19.4 Å². The fourth-order valence-corrected chi connectivity index (χ4v) is 3.74. The van der Waals surface area contributed by atoms with Crippen molar-refractivity contribution in [1.29, 1.82) is 0 Å². The number of aliphatic hydroxyl groups excluding tert-OH is 1. The molecule has 1 aromatic heterocycles. The summed E-state index contributed by atoms with van der Waals surface area (Å²) in [6.45, 7) is 6.31. The Morgan fingerprint density at radius 3 is 2.31 bits per heavy atom. The van der Waals surface area contributed by atoms with Gasteiger partial charge in [0.15, 0.2) is 0 Å². The highest BCUT2D eigenvalue weighted by atomic mass is 16.5. The predicted octanol–water partition coefficient (Wildman–Crippen LogP) is 4.12. The molecular weight excluding hydrogens is 446 g/mol. The number of aromatic nitrogens is 2. The Morgan fingerprint density at radius 2 is 1.69 bits per heavy atom. The Balaban J connectivity index is 1.93. The van der Waals surface area contributed by atoms with Crippen LogP contribution in [-0.4, -0.2) is 72.5 Å². The maximum atomic E-state index is 10.6. The second kappa shape index (κ2) is 13.3. The smallest absolute Gasteiger partial charge is 0.222 e. The minimum absolute atomic E-state index is 0.0598. The molecule has 1 heterocycles. The first kappa shape index (κ1) is 26.7. The molecular formula is C27H37N3O5. The molecule has 2 aromatic carbocycles. The summed E-state index contributed by atoms with van der Waals surface area (Å²) in [5, 5.41) is 15.4. The van der Waals surface area contributed by atoms with Crippen LogP contribution in [0, 0.1) is 0 Å². The van der Waals surface area contributed by atoms with Gasteiger partial charge in [0.25, 0.3) is 0 Å². The van der Waals surface area contributed by atoms with Gasteiger partial charge in [0.2, 0.25) is 5.88 Å². The summed E-state index contributed by atoms with van der Waals surface area (Å²) in [5.74, 6) is 2.09. The lowest BCUT2D eigenvalue weighted by molar-refractivity contribution is -0.0121. The highest BCUT2D eigenvalue weighted by Gasteiger charge is 2.23. The van der Waals surface area contributed by atoms with E-state index < -0.39 is 6.10 Å². The number of benzene rings is 2. The quantitative estimate of drug-likeness (QED) is 0.370. The Morgan fingerprint density at radius 1 is 1.00 bits per heavy atom. The van der Waals surface area contributed by atoms with Crippen LogP contribution < -0.4 is 9.47 Å². The lowest BCUT2D eigenvalue weighted by Gasteiger charge is -2.25. The third-order valence-electron chi connectivity index (χ3n) is 5.49. The average Bonchev–Trinajstić information content (AvgIpc) is 3.16. The molecule has 0 fully saturated rings. The minimum atomic E-state index is -0.628. The largest absolute Gasteiger partial charge is 0.497 e. The maximum absolute atomic E-state index is 10.6. The van der Waals surface area contributed by atoms with Crippen LogP contribution in [0.2, 0.25) is 0 Å². The molecule has 3 rings (SSSR count). The third kappa shape index (κ3) is 7.80. The molecule has 0 bridgehead atoms. The van der Waals surface area contributed by atoms with E-state index in [1.165, 1.54) is 0 Å². The van der Waals surface area contributed by atoms with Crippen LogP contribution >= 0.6 is 0 Å². The van der Waals surface area contributed by atoms with Crippen LogP contribution in [0.15, 0.2) is 54.6 Å². The van der Waals surface area contributed by atoms with E-state index in [-0.39, 0.29) is 12.7 Å². The Labute approximate surface area is 208 Å². The molecule has 1 atom stereocenters. The zero-order chi connectivity index (χ0) is 25.2. The van der Waals surface area contributed by atoms with Crippen LogP contribution in [0.4, 0.5) is 0 Å². The van der Waals surface area contributed by atoms with Crippen molar-refractivity contribution in [3.8, 4) is 28.6 Å². The van der Waals surface area contributed by atoms with Gasteiger partial charge in [0.1, 0.15) is 17.2 Å². The number of aliphatic hydroxyl groups is 1. The second-order valence-electron chi connectivity index (χ2n) is 8.66. The van der Waals surface area contributed by atoms with E-state index in [1.54, 1.807) is 18.9 Å². The SMILES string of the molecule is COCCN(Cc1c(-c2ccccc2)nn(C)c1Oc1ccc(OC)cc1)C[C@H](O)COC(C)C. The average molecular weight is 484 g/mol. The molecule has 3 aromatic rings. The zero-order valence-corrected chi connectivity index (χ0v) is 21.3. The highest BCUT2D eigenvalue weighted by molar-refractivity contribution is 5.65. The standard InChI is InChI=1S/C27H37N3O5/c1-20(2)34-19-22(31)17-30(15-16-32-4)18-25-26(21-9-7-6-8-10-21)28-29(3)27(25)35-24-13-11-23(33-5)12-14-24/h6-14,20,22,31H,15-19H2,1-5H3/t22-/m0/s1. The predicted molar refractivity (Wildman–Crippen MR) is 136 cm³/mol. The fourth-order valence-electron chi connectivity index (χ4n) is 3.74. The molecule has 35 heavy (non-hydrogen) atoms. The Kier molecular flexibility index (Phi) is 10.1. The van der Waals surface area contributed by atoms with Crippen molar-refractivity contribution in [2.45, 2.75) is 32.6 Å². The molecule has 0 unspecified atom stereocenters. The van der Waals surface area contributed by atoms with Crippen molar-refractivity contribution in [2.75, 3.05) is 40.5 Å². The molecule has 1 N–H and O–H groups in total. The summed E-state index contributed by atoms with van der Waals surface area (Å²) in [6.07, 6.45) is -0.568. The number of aryl methyl sites for hydroxylation is 1. The molecule has 8 heteroatoms. The highest BCUT2D eigenvalue weighted by Crippen LogP contribution is 2.34. The van der Waals surface area contributed by atoms with Gasteiger partial charge in [-0.3, -0.25) is 4.90 Å². The normalized spacial score (nSPS) is 12.3. The third-order valence-corrected chi connectivity index (χ3v) is 5.49. The lowest BCUT2D eigenvalue weighted by Crippen LogP contribution is -2.37. The van der Waals surface area contributed by atoms with Crippen LogP contribution in [0.5, 0.6) is 17.4 Å². The van der Waals surface area contributed by atoms with Gasteiger partial charge >= 0.3 is 0 Å². The van der Waals surface area contributed by atoms with Gasteiger partial charge in [-0.2, -0.15) is 5.10 Å². The van der Waals surface area contributed by atoms with E-state index in [1.807, 2.05) is 75.5 Å². The van der Waals surface area contributed by atoms with Crippen molar-refractivity contribution >= 4 is 0 Å². The van der Waals surface area contributed by atoms with Crippen molar-refractivity contribution in [3.05, 3.63) is 60.2 Å². The topological polar surface area (TPSA) is 78.2 Å². The van der Waals surface area contributed by atoms with E-state index in [9.17, 15) is 5.11 Å². The molecule has 0 aliphatic carbocycles. The van der Waals surface area contributed by atoms with E-state index in [0.717, 1.165) is 22.6 Å². The monoisotopic (exact) mass is 483 g/mol. The van der Waals surface area contributed by atoms with Crippen molar-refractivity contribution in [1.82, 2.24) is 14.7 Å². The fraction of sp³-hybridized carbons (Fsp3) is 0.444. The molecule has 0 saturated heterocycles. The molecule has 8 nitrogen and oxygen atoms in total. The number of ether oxygens (including phenoxy) is 4. The number of hydrogen-bond acceptors (Lipinski definition) is 7. The van der Waals surface area contributed by atoms with Gasteiger partial charge < -0.3 is 24.1 Å². The maximum Gasteiger partial charge on any atom is 0.222 e. The summed E-state index contributed by atoms with van der Waals surface area (Å²) in [4.78, 5) is 2.14. The van der Waals surface area contributed by atoms with Gasteiger partial charge in [-0.15, -0.1) is 0 Å².